The van der Waals surface area contributed by atoms with Crippen LogP contribution < -0.4 is 0 Å². The molecule has 16 heavy (non-hydrogen) atoms. The predicted octanol–water partition coefficient (Wildman–Crippen LogP) is 4.60. The molecule has 0 atom stereocenters. The van der Waals surface area contributed by atoms with Crippen LogP contribution >= 0.6 is 15.9 Å². The van der Waals surface area contributed by atoms with Crippen LogP contribution in [0.5, 0.6) is 0 Å². The van der Waals surface area contributed by atoms with E-state index >= 15 is 0 Å². The largest absolute Gasteiger partial charge is 0.294 e. The maximum Gasteiger partial charge on any atom is 0.163 e. The second kappa shape index (κ2) is 6.14. The number of carbonyl (C=O) groups excluding carboxylic acids is 1. The molecule has 0 aromatic heterocycles. The average molecular weight is 287 g/mol. The van der Waals surface area contributed by atoms with Gasteiger partial charge in [-0.15, -0.1) is 0 Å². The molecule has 0 bridgehead atoms. The van der Waals surface area contributed by atoms with Crippen molar-refractivity contribution in [2.45, 2.75) is 33.1 Å². The fourth-order valence-corrected chi connectivity index (χ4v) is 2.00. The van der Waals surface area contributed by atoms with Crippen LogP contribution in [-0.2, 0) is 0 Å². The van der Waals surface area contributed by atoms with Gasteiger partial charge < -0.3 is 0 Å². The van der Waals surface area contributed by atoms with E-state index in [0.717, 1.165) is 12.8 Å². The molecule has 0 spiro atoms. The minimum absolute atomic E-state index is 0.0147. The first-order valence-electron chi connectivity index (χ1n) is 5.48. The quantitative estimate of drug-likeness (QED) is 0.723. The molecule has 0 radical (unpaired) electrons. The standard InChI is InChI=1S/C13H16BrFO/c1-9(2)4-3-5-13(16)10-6-11(14)8-12(15)7-10/h6-9H,3-5H2,1-2H3. The van der Waals surface area contributed by atoms with Gasteiger partial charge in [-0.2, -0.15) is 0 Å². The van der Waals surface area contributed by atoms with Crippen molar-refractivity contribution in [3.05, 3.63) is 34.1 Å². The molecular weight excluding hydrogens is 271 g/mol. The van der Waals surface area contributed by atoms with Crippen molar-refractivity contribution >= 4 is 21.7 Å². The third-order valence-corrected chi connectivity index (χ3v) is 2.83. The Kier molecular flexibility index (Phi) is 5.13. The first kappa shape index (κ1) is 13.4. The Morgan fingerprint density at radius 2 is 2.06 bits per heavy atom. The summed E-state index contributed by atoms with van der Waals surface area (Å²) in [6.07, 6.45) is 2.39. The van der Waals surface area contributed by atoms with Crippen molar-refractivity contribution < 1.29 is 9.18 Å². The summed E-state index contributed by atoms with van der Waals surface area (Å²) >= 11 is 3.18. The van der Waals surface area contributed by atoms with Crippen molar-refractivity contribution in [2.24, 2.45) is 5.92 Å². The number of ketones is 1. The topological polar surface area (TPSA) is 17.1 Å². The third kappa shape index (κ3) is 4.44. The fraction of sp³-hybridized carbons (Fsp3) is 0.462. The zero-order chi connectivity index (χ0) is 12.1. The lowest BCUT2D eigenvalue weighted by molar-refractivity contribution is 0.0977. The highest BCUT2D eigenvalue weighted by atomic mass is 79.9. The Labute approximate surface area is 104 Å². The van der Waals surface area contributed by atoms with Crippen molar-refractivity contribution in [1.82, 2.24) is 0 Å². The van der Waals surface area contributed by atoms with Gasteiger partial charge in [-0.25, -0.2) is 4.39 Å². The summed E-state index contributed by atoms with van der Waals surface area (Å²) in [6.45, 7) is 4.26. The zero-order valence-corrected chi connectivity index (χ0v) is 11.2. The lowest BCUT2D eigenvalue weighted by atomic mass is 10.0. The summed E-state index contributed by atoms with van der Waals surface area (Å²) in [6, 6.07) is 4.31. The number of Topliss-reactive ketones (excluding diaryl/α,β-unsaturated/α-hetero) is 1. The van der Waals surface area contributed by atoms with Crippen molar-refractivity contribution in [2.75, 3.05) is 0 Å². The second-order valence-corrected chi connectivity index (χ2v) is 5.28. The van der Waals surface area contributed by atoms with Gasteiger partial charge in [-0.1, -0.05) is 36.2 Å². The number of benzene rings is 1. The lowest BCUT2D eigenvalue weighted by Gasteiger charge is -2.04. The van der Waals surface area contributed by atoms with Gasteiger partial charge in [0.15, 0.2) is 5.78 Å². The van der Waals surface area contributed by atoms with E-state index in [1.807, 2.05) is 0 Å². The Morgan fingerprint density at radius 1 is 1.38 bits per heavy atom. The van der Waals surface area contributed by atoms with Gasteiger partial charge in [-0.3, -0.25) is 4.79 Å². The fourth-order valence-electron chi connectivity index (χ4n) is 1.53. The number of hydrogen-bond acceptors (Lipinski definition) is 1. The second-order valence-electron chi connectivity index (χ2n) is 4.37. The summed E-state index contributed by atoms with van der Waals surface area (Å²) in [4.78, 5) is 11.7. The molecule has 0 N–H and O–H groups in total. The molecule has 1 nitrogen and oxygen atoms in total. The van der Waals surface area contributed by atoms with E-state index < -0.39 is 0 Å². The Hall–Kier alpha value is -0.700. The summed E-state index contributed by atoms with van der Waals surface area (Å²) < 4.78 is 13.7. The predicted molar refractivity (Wildman–Crippen MR) is 67.1 cm³/mol. The van der Waals surface area contributed by atoms with E-state index in [2.05, 4.69) is 29.8 Å². The van der Waals surface area contributed by atoms with Gasteiger partial charge in [0.05, 0.1) is 0 Å². The van der Waals surface area contributed by atoms with Crippen molar-refractivity contribution in [3.63, 3.8) is 0 Å². The van der Waals surface area contributed by atoms with E-state index in [4.69, 9.17) is 0 Å². The Bertz CT molecular complexity index is 354. The molecular formula is C13H16BrFO. The minimum atomic E-state index is -0.374. The average Bonchev–Trinajstić information content (AvgIpc) is 2.15. The SMILES string of the molecule is CC(C)CCCC(=O)c1cc(F)cc(Br)c1. The molecule has 0 heterocycles. The molecule has 0 saturated heterocycles. The number of halogens is 2. The zero-order valence-electron chi connectivity index (χ0n) is 9.59. The Morgan fingerprint density at radius 3 is 2.62 bits per heavy atom. The molecule has 0 aliphatic heterocycles. The highest BCUT2D eigenvalue weighted by Gasteiger charge is 2.08. The van der Waals surface area contributed by atoms with E-state index in [-0.39, 0.29) is 11.6 Å². The molecule has 3 heteroatoms. The molecule has 0 aliphatic carbocycles. The highest BCUT2D eigenvalue weighted by molar-refractivity contribution is 9.10. The van der Waals surface area contributed by atoms with Crippen molar-refractivity contribution in [3.8, 4) is 0 Å². The summed E-state index contributed by atoms with van der Waals surface area (Å²) in [5.41, 5.74) is 0.454. The summed E-state index contributed by atoms with van der Waals surface area (Å²) in [7, 11) is 0. The third-order valence-electron chi connectivity index (χ3n) is 2.37. The first-order valence-corrected chi connectivity index (χ1v) is 6.27. The van der Waals surface area contributed by atoms with Gasteiger partial charge in [0.25, 0.3) is 0 Å². The highest BCUT2D eigenvalue weighted by Crippen LogP contribution is 2.17. The van der Waals surface area contributed by atoms with Gasteiger partial charge >= 0.3 is 0 Å². The monoisotopic (exact) mass is 286 g/mol. The maximum absolute atomic E-state index is 13.1. The van der Waals surface area contributed by atoms with Crippen LogP contribution in [-0.4, -0.2) is 5.78 Å². The molecule has 0 aliphatic rings. The van der Waals surface area contributed by atoms with E-state index in [1.165, 1.54) is 12.1 Å². The molecule has 88 valence electrons. The van der Waals surface area contributed by atoms with Gasteiger partial charge in [0.2, 0.25) is 0 Å². The van der Waals surface area contributed by atoms with E-state index in [9.17, 15) is 9.18 Å². The maximum atomic E-state index is 13.1. The normalized spacial score (nSPS) is 10.8. The molecule has 0 amide bonds. The number of hydrogen-bond donors (Lipinski definition) is 0. The van der Waals surface area contributed by atoms with Gasteiger partial charge in [0, 0.05) is 16.5 Å². The molecule has 0 saturated carbocycles. The van der Waals surface area contributed by atoms with Crippen LogP contribution in [0.2, 0.25) is 0 Å². The molecule has 0 unspecified atom stereocenters. The number of rotatable bonds is 5. The number of carbonyl (C=O) groups is 1. The Balaban J connectivity index is 2.59. The van der Waals surface area contributed by atoms with Crippen LogP contribution in [0.25, 0.3) is 0 Å². The molecule has 1 rings (SSSR count). The van der Waals surface area contributed by atoms with E-state index in [0.29, 0.717) is 22.4 Å². The van der Waals surface area contributed by atoms with Crippen LogP contribution in [0.1, 0.15) is 43.5 Å². The summed E-state index contributed by atoms with van der Waals surface area (Å²) in [5.74, 6) is 0.245. The van der Waals surface area contributed by atoms with Crippen LogP contribution in [0.3, 0.4) is 0 Å². The smallest absolute Gasteiger partial charge is 0.163 e. The molecule has 1 aromatic rings. The van der Waals surface area contributed by atoms with E-state index in [1.54, 1.807) is 6.07 Å². The van der Waals surface area contributed by atoms with Crippen LogP contribution in [0, 0.1) is 11.7 Å². The van der Waals surface area contributed by atoms with Crippen molar-refractivity contribution in [1.29, 1.82) is 0 Å². The molecule has 1 aromatic carbocycles. The van der Waals surface area contributed by atoms with Crippen LogP contribution in [0.15, 0.2) is 22.7 Å². The lowest BCUT2D eigenvalue weighted by Crippen LogP contribution is -2.01. The summed E-state index contributed by atoms with van der Waals surface area (Å²) in [5, 5.41) is 0. The molecule has 0 fully saturated rings. The van der Waals surface area contributed by atoms with Crippen LogP contribution in [0.4, 0.5) is 4.39 Å². The van der Waals surface area contributed by atoms with Gasteiger partial charge in [0.1, 0.15) is 5.82 Å². The van der Waals surface area contributed by atoms with Gasteiger partial charge in [-0.05, 0) is 30.5 Å². The minimum Gasteiger partial charge on any atom is -0.294 e. The first-order chi connectivity index (χ1) is 7.49.